The maximum Gasteiger partial charge on any atom is 0.242 e. The highest BCUT2D eigenvalue weighted by atomic mass is 16.7. The molecule has 30 nitrogen and oxygen atoms in total. The molecule has 3 fully saturated rings. The molecule has 3 rings (SSSR count). The second-order valence-corrected chi connectivity index (χ2v) is 22.2. The van der Waals surface area contributed by atoms with Crippen molar-refractivity contribution in [3.05, 3.63) is 0 Å². The summed E-state index contributed by atoms with van der Waals surface area (Å²) in [5, 5.41) is 113. The van der Waals surface area contributed by atoms with Crippen molar-refractivity contribution in [3.8, 4) is 0 Å². The van der Waals surface area contributed by atoms with Crippen molar-refractivity contribution in [2.75, 3.05) is 59.3 Å². The Hall–Kier alpha value is -4.35. The van der Waals surface area contributed by atoms with E-state index in [-0.39, 0.29) is 69.9 Å². The Morgan fingerprint density at radius 1 is 0.424 bits per heavy atom. The van der Waals surface area contributed by atoms with Gasteiger partial charge in [0.1, 0.15) is 79.1 Å². The third-order valence-corrected chi connectivity index (χ3v) is 14.6. The highest BCUT2D eigenvalue weighted by Crippen LogP contribution is 2.25. The molecule has 0 radical (unpaired) electrons. The first-order valence-electron chi connectivity index (χ1n) is 29.9. The molecule has 0 aromatic heterocycles. The summed E-state index contributed by atoms with van der Waals surface area (Å²) in [5.41, 5.74) is 0. The van der Waals surface area contributed by atoms with E-state index < -0.39 is 153 Å². The summed E-state index contributed by atoms with van der Waals surface area (Å²) < 4.78 is 34.1. The van der Waals surface area contributed by atoms with E-state index in [0.29, 0.717) is 90.1 Å². The third kappa shape index (κ3) is 27.3. The summed E-state index contributed by atoms with van der Waals surface area (Å²) in [5.74, 6) is -3.07. The topological polar surface area (TPSA) is 453 Å². The molecule has 3 aliphatic heterocycles. The first-order chi connectivity index (χ1) is 40.5. The molecule has 3 heterocycles. The Balaban J connectivity index is 1.48. The lowest BCUT2D eigenvalue weighted by molar-refractivity contribution is -0.270. The van der Waals surface area contributed by atoms with Gasteiger partial charge in [-0.25, -0.2) is 0 Å². The van der Waals surface area contributed by atoms with Crippen LogP contribution in [-0.2, 0) is 62.0 Å². The molecule has 85 heavy (non-hydrogen) atoms. The third-order valence-electron chi connectivity index (χ3n) is 14.6. The molecule has 0 spiro atoms. The number of hydrogen-bond donors (Lipinski definition) is 17. The molecule has 7 amide bonds. The fourth-order valence-electron chi connectivity index (χ4n) is 9.94. The van der Waals surface area contributed by atoms with E-state index in [4.69, 9.17) is 28.4 Å². The fourth-order valence-corrected chi connectivity index (χ4v) is 9.94. The number of rotatable bonds is 41. The van der Waals surface area contributed by atoms with E-state index >= 15 is 0 Å². The lowest BCUT2D eigenvalue weighted by Gasteiger charge is -2.42. The van der Waals surface area contributed by atoms with Gasteiger partial charge in [0.2, 0.25) is 41.4 Å². The van der Waals surface area contributed by atoms with Crippen molar-refractivity contribution >= 4 is 41.4 Å². The molecule has 0 aromatic rings. The second-order valence-electron chi connectivity index (χ2n) is 22.2. The zero-order valence-electron chi connectivity index (χ0n) is 49.9. The van der Waals surface area contributed by atoms with Crippen molar-refractivity contribution < 1.29 is 108 Å². The van der Waals surface area contributed by atoms with Crippen LogP contribution in [0.3, 0.4) is 0 Å². The molecule has 0 aliphatic carbocycles. The fraction of sp³-hybridized carbons (Fsp3) is 0.873. The molecular formula is C55H100N8O22. The maximum atomic E-state index is 13.6. The van der Waals surface area contributed by atoms with Gasteiger partial charge in [-0.05, 0) is 51.4 Å². The van der Waals surface area contributed by atoms with Crippen molar-refractivity contribution in [3.63, 3.8) is 0 Å². The van der Waals surface area contributed by atoms with Gasteiger partial charge in [-0.1, -0.05) is 52.4 Å². The number of amides is 7. The van der Waals surface area contributed by atoms with Gasteiger partial charge in [0.25, 0.3) is 0 Å². The minimum absolute atomic E-state index is 0.0288. The summed E-state index contributed by atoms with van der Waals surface area (Å²) in [4.78, 5) is 88.8. The maximum absolute atomic E-state index is 13.6. The van der Waals surface area contributed by atoms with E-state index in [2.05, 4.69) is 42.5 Å². The average molecular weight is 1230 g/mol. The highest BCUT2D eigenvalue weighted by molar-refractivity contribution is 5.89. The second kappa shape index (κ2) is 41.0. The van der Waals surface area contributed by atoms with Crippen LogP contribution in [0.15, 0.2) is 0 Å². The summed E-state index contributed by atoms with van der Waals surface area (Å²) in [7, 11) is 0. The minimum atomic E-state index is -1.44. The standard InChI is InChI=1S/C55H100N8O22/c1-31(2)59-35(51(78)57-23-13-7-10-16-26-81-54-43(61-33(4)68)49(76)46(73)38(29-65)84-54)19-21-41(71)63-36(52(79)58-24-14-8-11-17-27-82-55-44(62-34(5)69)50(77)47(74)39(30-66)85-55)18-20-40(70)56-22-12-6-9-15-25-80-53-42(60-32(3)67)48(75)45(72)37(28-64)83-53/h31,35-39,42-50,53-55,59,64-66,72-77H,6-30H2,1-5H3,(H,56,70)(H,57,78)(H,58,79)(H,60,67)(H,61,68)(H,62,69)(H,63,71)/t35?,36?,37-,38-,39-,42-,43-,44-,45+,46+,47+,48-,49-,50-,53-,54-,55-/m1/s1. The Kier molecular flexibility index (Phi) is 36.1. The molecule has 30 heteroatoms. The number of carbonyl (C=O) groups is 7. The smallest absolute Gasteiger partial charge is 0.242 e. The van der Waals surface area contributed by atoms with Crippen LogP contribution in [0.1, 0.15) is 137 Å². The van der Waals surface area contributed by atoms with E-state index in [9.17, 15) is 79.5 Å². The molecule has 492 valence electrons. The number of ether oxygens (including phenoxy) is 6. The predicted octanol–water partition coefficient (Wildman–Crippen LogP) is -4.69. The lowest BCUT2D eigenvalue weighted by atomic mass is 9.97. The summed E-state index contributed by atoms with van der Waals surface area (Å²) in [6.07, 6.45) is -7.80. The number of hydrogen-bond acceptors (Lipinski definition) is 23. The van der Waals surface area contributed by atoms with E-state index in [1.54, 1.807) is 0 Å². The first kappa shape index (κ1) is 74.9. The largest absolute Gasteiger partial charge is 0.394 e. The molecule has 0 saturated carbocycles. The van der Waals surface area contributed by atoms with Gasteiger partial charge in [-0.15, -0.1) is 0 Å². The summed E-state index contributed by atoms with van der Waals surface area (Å²) in [6, 6.07) is -5.12. The van der Waals surface area contributed by atoms with Gasteiger partial charge in [0.15, 0.2) is 18.9 Å². The molecule has 17 N–H and O–H groups in total. The van der Waals surface area contributed by atoms with E-state index in [0.717, 1.165) is 0 Å². The quantitative estimate of drug-likeness (QED) is 0.0256. The molecule has 2 unspecified atom stereocenters. The van der Waals surface area contributed by atoms with E-state index in [1.807, 2.05) is 13.8 Å². The van der Waals surface area contributed by atoms with Gasteiger partial charge in [0.05, 0.1) is 25.9 Å². The first-order valence-corrected chi connectivity index (χ1v) is 29.9. The van der Waals surface area contributed by atoms with Gasteiger partial charge in [-0.2, -0.15) is 0 Å². The van der Waals surface area contributed by atoms with Gasteiger partial charge >= 0.3 is 0 Å². The van der Waals surface area contributed by atoms with Crippen LogP contribution in [0.25, 0.3) is 0 Å². The number of nitrogens with one attached hydrogen (secondary N) is 8. The lowest BCUT2D eigenvalue weighted by Crippen LogP contribution is -2.64. The van der Waals surface area contributed by atoms with Gasteiger partial charge < -0.3 is 117 Å². The van der Waals surface area contributed by atoms with Gasteiger partial charge in [0, 0.05) is 79.1 Å². The molecule has 17 atom stereocenters. The summed E-state index contributed by atoms with van der Waals surface area (Å²) >= 11 is 0. The summed E-state index contributed by atoms with van der Waals surface area (Å²) in [6.45, 7) is 7.23. The zero-order valence-corrected chi connectivity index (χ0v) is 49.9. The van der Waals surface area contributed by atoms with Crippen molar-refractivity contribution in [1.82, 2.24) is 42.5 Å². The van der Waals surface area contributed by atoms with Crippen LogP contribution in [0.2, 0.25) is 0 Å². The van der Waals surface area contributed by atoms with Crippen LogP contribution in [0.4, 0.5) is 0 Å². The van der Waals surface area contributed by atoms with Crippen LogP contribution >= 0.6 is 0 Å². The van der Waals surface area contributed by atoms with Crippen LogP contribution in [-0.4, -0.2) is 257 Å². The number of unbranched alkanes of at least 4 members (excludes halogenated alkanes) is 9. The average Bonchev–Trinajstić information content (AvgIpc) is 3.62. The van der Waals surface area contributed by atoms with E-state index in [1.165, 1.54) is 20.8 Å². The number of aliphatic hydroxyl groups is 9. The van der Waals surface area contributed by atoms with Crippen molar-refractivity contribution in [2.45, 2.75) is 247 Å². The molecule has 0 aromatic carbocycles. The monoisotopic (exact) mass is 1220 g/mol. The molecular weight excluding hydrogens is 1120 g/mol. The Labute approximate surface area is 497 Å². The van der Waals surface area contributed by atoms with Crippen LogP contribution in [0.5, 0.6) is 0 Å². The Morgan fingerprint density at radius 3 is 1.08 bits per heavy atom. The SMILES string of the molecule is CC(=O)N[C@H]1[C@H](OCCCCCCNC(=O)CCC(NC(=O)CCC(NC(C)C)C(=O)NCCCCCCO[C@@H]2O[C@H](CO)[C@H](O)[C@H](O)[C@H]2NC(C)=O)C(=O)NCCCCCCO[C@@H]2O[C@H](CO)[C@H](O)[C@H](O)[C@H]2NC(C)=O)O[C@H](CO)[C@H](O)[C@@H]1O. The minimum Gasteiger partial charge on any atom is -0.394 e. The number of carbonyl (C=O) groups excluding carboxylic acids is 7. The van der Waals surface area contributed by atoms with Crippen LogP contribution < -0.4 is 42.5 Å². The highest BCUT2D eigenvalue weighted by Gasteiger charge is 2.48. The van der Waals surface area contributed by atoms with Crippen molar-refractivity contribution in [1.29, 1.82) is 0 Å². The Bertz CT molecular complexity index is 1990. The molecule has 0 bridgehead atoms. The Morgan fingerprint density at radius 2 is 0.741 bits per heavy atom. The number of aliphatic hydroxyl groups excluding tert-OH is 9. The zero-order chi connectivity index (χ0) is 63.0. The molecule has 3 saturated heterocycles. The normalized spacial score (nSPS) is 28.4. The van der Waals surface area contributed by atoms with Crippen molar-refractivity contribution in [2.24, 2.45) is 0 Å². The predicted molar refractivity (Wildman–Crippen MR) is 301 cm³/mol. The van der Waals surface area contributed by atoms with Crippen LogP contribution in [0, 0.1) is 0 Å². The van der Waals surface area contributed by atoms with Gasteiger partial charge in [-0.3, -0.25) is 33.6 Å². The molecule has 3 aliphatic rings.